The summed E-state index contributed by atoms with van der Waals surface area (Å²) in [5.41, 5.74) is 2.93. The van der Waals surface area contributed by atoms with Gasteiger partial charge in [-0.15, -0.1) is 0 Å². The van der Waals surface area contributed by atoms with Gasteiger partial charge in [0.05, 0.1) is 12.1 Å². The van der Waals surface area contributed by atoms with Gasteiger partial charge in [-0.1, -0.05) is 29.8 Å². The fourth-order valence-electron chi connectivity index (χ4n) is 2.79. The minimum atomic E-state index is -0.677. The molecule has 1 aliphatic rings. The monoisotopic (exact) mass is 312 g/mol. The number of hydrogen-bond acceptors (Lipinski definition) is 3. The molecule has 4 nitrogen and oxygen atoms in total. The summed E-state index contributed by atoms with van der Waals surface area (Å²) in [6.07, 6.45) is 0.0144. The zero-order valence-electron chi connectivity index (χ0n) is 13.0. The van der Waals surface area contributed by atoms with E-state index in [1.54, 1.807) is 6.07 Å². The summed E-state index contributed by atoms with van der Waals surface area (Å²) in [5, 5.41) is 3.10. The van der Waals surface area contributed by atoms with E-state index in [0.29, 0.717) is 0 Å². The predicted molar refractivity (Wildman–Crippen MR) is 86.8 cm³/mol. The van der Waals surface area contributed by atoms with E-state index in [0.717, 1.165) is 21.7 Å². The lowest BCUT2D eigenvalue weighted by Crippen LogP contribution is -2.35. The van der Waals surface area contributed by atoms with Crippen LogP contribution in [0.2, 0.25) is 0 Å². The lowest BCUT2D eigenvalue weighted by Gasteiger charge is -2.17. The number of imide groups is 1. The molecule has 0 unspecified atom stereocenters. The molecular formula is C18H17FN2O2. The normalized spacial score (nSPS) is 17.7. The molecule has 0 radical (unpaired) electrons. The van der Waals surface area contributed by atoms with Crippen molar-refractivity contribution in [1.82, 2.24) is 0 Å². The summed E-state index contributed by atoms with van der Waals surface area (Å²) >= 11 is 0. The Labute approximate surface area is 133 Å². The maximum atomic E-state index is 13.9. The fraction of sp³-hybridized carbons (Fsp3) is 0.222. The van der Waals surface area contributed by atoms with Crippen molar-refractivity contribution in [3.63, 3.8) is 0 Å². The lowest BCUT2D eigenvalue weighted by atomic mass is 10.1. The molecule has 5 heteroatoms. The molecular weight excluding hydrogens is 295 g/mol. The van der Waals surface area contributed by atoms with Crippen LogP contribution in [0.4, 0.5) is 15.8 Å². The molecule has 3 rings (SSSR count). The number of halogens is 1. The SMILES string of the molecule is Cc1ccc(N[C@H]2CC(=O)N(c3ccccc3F)C2=O)c(C)c1. The van der Waals surface area contributed by atoms with E-state index >= 15 is 0 Å². The number of aryl methyl sites for hydroxylation is 2. The van der Waals surface area contributed by atoms with Crippen LogP contribution in [0.15, 0.2) is 42.5 Å². The smallest absolute Gasteiger partial charge is 0.256 e. The predicted octanol–water partition coefficient (Wildman–Crippen LogP) is 3.19. The van der Waals surface area contributed by atoms with Crippen molar-refractivity contribution in [3.05, 3.63) is 59.4 Å². The third-order valence-corrected chi connectivity index (χ3v) is 3.95. The topological polar surface area (TPSA) is 49.4 Å². The molecule has 23 heavy (non-hydrogen) atoms. The maximum absolute atomic E-state index is 13.9. The molecule has 118 valence electrons. The molecule has 2 aromatic carbocycles. The number of benzene rings is 2. The lowest BCUT2D eigenvalue weighted by molar-refractivity contribution is -0.121. The molecule has 2 aromatic rings. The Morgan fingerprint density at radius 2 is 1.87 bits per heavy atom. The minimum Gasteiger partial charge on any atom is -0.373 e. The second-order valence-electron chi connectivity index (χ2n) is 5.74. The average molecular weight is 312 g/mol. The Bertz CT molecular complexity index is 788. The quantitative estimate of drug-likeness (QED) is 0.886. The molecule has 0 bridgehead atoms. The molecule has 0 spiro atoms. The number of nitrogens with one attached hydrogen (secondary N) is 1. The third kappa shape index (κ3) is 2.82. The summed E-state index contributed by atoms with van der Waals surface area (Å²) in [4.78, 5) is 25.6. The highest BCUT2D eigenvalue weighted by Crippen LogP contribution is 2.28. The molecule has 0 aromatic heterocycles. The number of nitrogens with zero attached hydrogens (tertiary/aromatic N) is 1. The van der Waals surface area contributed by atoms with Gasteiger partial charge in [0.15, 0.2) is 0 Å². The van der Waals surface area contributed by atoms with Crippen LogP contribution in [0.5, 0.6) is 0 Å². The van der Waals surface area contributed by atoms with Crippen LogP contribution in [-0.2, 0) is 9.59 Å². The standard InChI is InChI=1S/C18H17FN2O2/c1-11-7-8-14(12(2)9-11)20-15-10-17(22)21(18(15)23)16-6-4-3-5-13(16)19/h3-9,15,20H,10H2,1-2H3/t15-/m0/s1. The molecule has 1 N–H and O–H groups in total. The summed E-state index contributed by atoms with van der Waals surface area (Å²) in [6, 6.07) is 10.9. The van der Waals surface area contributed by atoms with Gasteiger partial charge in [-0.3, -0.25) is 9.59 Å². The first-order chi connectivity index (χ1) is 11.0. The molecule has 1 saturated heterocycles. The van der Waals surface area contributed by atoms with E-state index in [2.05, 4.69) is 5.32 Å². The Hall–Kier alpha value is -2.69. The van der Waals surface area contributed by atoms with E-state index < -0.39 is 23.7 Å². The van der Waals surface area contributed by atoms with Gasteiger partial charge < -0.3 is 5.32 Å². The van der Waals surface area contributed by atoms with Gasteiger partial charge in [0.2, 0.25) is 5.91 Å². The van der Waals surface area contributed by atoms with Crippen molar-refractivity contribution in [2.45, 2.75) is 26.3 Å². The maximum Gasteiger partial charge on any atom is 0.256 e. The molecule has 1 atom stereocenters. The first-order valence-electron chi connectivity index (χ1n) is 7.42. The van der Waals surface area contributed by atoms with Gasteiger partial charge >= 0.3 is 0 Å². The fourth-order valence-corrected chi connectivity index (χ4v) is 2.79. The van der Waals surface area contributed by atoms with Crippen LogP contribution in [-0.4, -0.2) is 17.9 Å². The van der Waals surface area contributed by atoms with Crippen LogP contribution in [0, 0.1) is 19.7 Å². The van der Waals surface area contributed by atoms with Crippen molar-refractivity contribution in [2.75, 3.05) is 10.2 Å². The molecule has 1 aliphatic heterocycles. The highest BCUT2D eigenvalue weighted by molar-refractivity contribution is 6.23. The van der Waals surface area contributed by atoms with Crippen LogP contribution in [0.25, 0.3) is 0 Å². The van der Waals surface area contributed by atoms with E-state index in [4.69, 9.17) is 0 Å². The van der Waals surface area contributed by atoms with Crippen LogP contribution >= 0.6 is 0 Å². The molecule has 0 aliphatic carbocycles. The number of amides is 2. The molecule has 2 amide bonds. The van der Waals surface area contributed by atoms with Crippen molar-refractivity contribution in [3.8, 4) is 0 Å². The Morgan fingerprint density at radius 3 is 2.57 bits per heavy atom. The van der Waals surface area contributed by atoms with Crippen molar-refractivity contribution < 1.29 is 14.0 Å². The van der Waals surface area contributed by atoms with Gasteiger partial charge in [-0.2, -0.15) is 0 Å². The summed E-state index contributed by atoms with van der Waals surface area (Å²) in [6.45, 7) is 3.92. The van der Waals surface area contributed by atoms with Gasteiger partial charge in [0.1, 0.15) is 11.9 Å². The first kappa shape index (κ1) is 15.2. The Balaban J connectivity index is 1.85. The highest BCUT2D eigenvalue weighted by Gasteiger charge is 2.40. The number of hydrogen-bond donors (Lipinski definition) is 1. The van der Waals surface area contributed by atoms with Crippen molar-refractivity contribution in [2.24, 2.45) is 0 Å². The van der Waals surface area contributed by atoms with E-state index in [1.807, 2.05) is 32.0 Å². The highest BCUT2D eigenvalue weighted by atomic mass is 19.1. The van der Waals surface area contributed by atoms with Crippen molar-refractivity contribution in [1.29, 1.82) is 0 Å². The largest absolute Gasteiger partial charge is 0.373 e. The van der Waals surface area contributed by atoms with Gasteiger partial charge in [-0.25, -0.2) is 9.29 Å². The van der Waals surface area contributed by atoms with E-state index in [-0.39, 0.29) is 12.1 Å². The molecule has 1 heterocycles. The van der Waals surface area contributed by atoms with Crippen LogP contribution < -0.4 is 10.2 Å². The second kappa shape index (κ2) is 5.83. The average Bonchev–Trinajstić information content (AvgIpc) is 2.77. The Morgan fingerprint density at radius 1 is 1.13 bits per heavy atom. The van der Waals surface area contributed by atoms with E-state index in [1.165, 1.54) is 18.2 Å². The first-order valence-corrected chi connectivity index (χ1v) is 7.42. The Kier molecular flexibility index (Phi) is 3.86. The summed E-state index contributed by atoms with van der Waals surface area (Å²) < 4.78 is 13.9. The van der Waals surface area contributed by atoms with Crippen LogP contribution in [0.3, 0.4) is 0 Å². The minimum absolute atomic E-state index is 0.00688. The van der Waals surface area contributed by atoms with Gasteiger partial charge in [0, 0.05) is 5.69 Å². The van der Waals surface area contributed by atoms with Gasteiger partial charge in [0.25, 0.3) is 5.91 Å². The number of carbonyl (C=O) groups is 2. The van der Waals surface area contributed by atoms with Gasteiger partial charge in [-0.05, 0) is 37.6 Å². The number of anilines is 2. The van der Waals surface area contributed by atoms with Crippen molar-refractivity contribution >= 4 is 23.2 Å². The van der Waals surface area contributed by atoms with E-state index in [9.17, 15) is 14.0 Å². The zero-order chi connectivity index (χ0) is 16.6. The number of carbonyl (C=O) groups excluding carboxylic acids is 2. The number of para-hydroxylation sites is 1. The summed E-state index contributed by atoms with van der Waals surface area (Å²) in [7, 11) is 0. The third-order valence-electron chi connectivity index (χ3n) is 3.95. The zero-order valence-corrected chi connectivity index (χ0v) is 13.0. The molecule has 0 saturated carbocycles. The second-order valence-corrected chi connectivity index (χ2v) is 5.74. The summed E-state index contributed by atoms with van der Waals surface area (Å²) in [5.74, 6) is -1.41. The van der Waals surface area contributed by atoms with Crippen LogP contribution in [0.1, 0.15) is 17.5 Å². The molecule has 1 fully saturated rings. The number of rotatable bonds is 3.